The molecule has 0 aromatic heterocycles. The van der Waals surface area contributed by atoms with E-state index in [1.807, 2.05) is 13.8 Å². The first-order valence-electron chi connectivity index (χ1n) is 3.40. The molecule has 0 saturated carbocycles. The van der Waals surface area contributed by atoms with E-state index < -0.39 is 0 Å². The van der Waals surface area contributed by atoms with E-state index in [2.05, 4.69) is 5.92 Å². The first-order valence-corrected chi connectivity index (χ1v) is 3.40. The summed E-state index contributed by atoms with van der Waals surface area (Å²) in [7, 11) is 0. The van der Waals surface area contributed by atoms with Crippen LogP contribution in [0.5, 0.6) is 0 Å². The molecule has 1 heteroatoms. The molecule has 0 aliphatic carbocycles. The summed E-state index contributed by atoms with van der Waals surface area (Å²) in [6, 6.07) is 0. The molecule has 0 radical (unpaired) electrons. The molecule has 11 heavy (non-hydrogen) atoms. The van der Waals surface area contributed by atoms with Crippen molar-refractivity contribution in [2.45, 2.75) is 20.8 Å². The van der Waals surface area contributed by atoms with E-state index >= 15 is 0 Å². The summed E-state index contributed by atoms with van der Waals surface area (Å²) in [5, 5.41) is 0. The van der Waals surface area contributed by atoms with E-state index in [4.69, 9.17) is 6.42 Å². The van der Waals surface area contributed by atoms with Gasteiger partial charge in [-0.05, 0) is 32.9 Å². The maximum Gasteiger partial charge on any atom is 0.179 e. The number of hydrogen-bond donors (Lipinski definition) is 0. The van der Waals surface area contributed by atoms with Gasteiger partial charge in [0.2, 0.25) is 0 Å². The van der Waals surface area contributed by atoms with E-state index in [0.717, 1.165) is 5.57 Å². The highest BCUT2D eigenvalue weighted by Gasteiger charge is 1.91. The standard InChI is InChI=1S/C10H12O/c1-5-9(4)7-10(11)6-8(2)3/h1,6-7H,2-4H3/b9-7+. The van der Waals surface area contributed by atoms with Crippen LogP contribution in [0.25, 0.3) is 0 Å². The third kappa shape index (κ3) is 5.17. The van der Waals surface area contributed by atoms with Crippen LogP contribution in [0, 0.1) is 12.3 Å². The first-order chi connectivity index (χ1) is 5.06. The number of ketones is 1. The van der Waals surface area contributed by atoms with Gasteiger partial charge in [0.15, 0.2) is 5.78 Å². The average Bonchev–Trinajstić information content (AvgIpc) is 1.85. The Morgan fingerprint density at radius 3 is 2.18 bits per heavy atom. The van der Waals surface area contributed by atoms with Crippen LogP contribution < -0.4 is 0 Å². The van der Waals surface area contributed by atoms with E-state index in [-0.39, 0.29) is 5.78 Å². The number of terminal acetylenes is 1. The second-order valence-corrected chi connectivity index (χ2v) is 2.60. The van der Waals surface area contributed by atoms with Gasteiger partial charge in [0.05, 0.1) is 0 Å². The molecule has 0 spiro atoms. The number of allylic oxidation sites excluding steroid dienone is 4. The van der Waals surface area contributed by atoms with Crippen LogP contribution in [-0.2, 0) is 4.79 Å². The van der Waals surface area contributed by atoms with Crippen LogP contribution in [-0.4, -0.2) is 5.78 Å². The molecule has 0 aromatic carbocycles. The Morgan fingerprint density at radius 2 is 1.82 bits per heavy atom. The van der Waals surface area contributed by atoms with Gasteiger partial charge in [-0.1, -0.05) is 11.5 Å². The van der Waals surface area contributed by atoms with Crippen LogP contribution in [0.1, 0.15) is 20.8 Å². The van der Waals surface area contributed by atoms with Gasteiger partial charge in [0.25, 0.3) is 0 Å². The molecule has 0 bridgehead atoms. The molecule has 0 aromatic rings. The van der Waals surface area contributed by atoms with Gasteiger partial charge in [-0.15, -0.1) is 6.42 Å². The minimum Gasteiger partial charge on any atom is -0.290 e. The number of hydrogen-bond acceptors (Lipinski definition) is 1. The molecule has 0 saturated heterocycles. The van der Waals surface area contributed by atoms with E-state index in [9.17, 15) is 4.79 Å². The maximum absolute atomic E-state index is 11.0. The smallest absolute Gasteiger partial charge is 0.179 e. The third-order valence-electron chi connectivity index (χ3n) is 1.02. The van der Waals surface area contributed by atoms with Crippen LogP contribution in [0.2, 0.25) is 0 Å². The molecule has 0 aliphatic rings. The Hall–Kier alpha value is -1.29. The molecule has 0 N–H and O–H groups in total. The fourth-order valence-corrected chi connectivity index (χ4v) is 0.581. The Balaban J connectivity index is 4.34. The van der Waals surface area contributed by atoms with Crippen LogP contribution in [0.3, 0.4) is 0 Å². The summed E-state index contributed by atoms with van der Waals surface area (Å²) in [6.07, 6.45) is 8.07. The van der Waals surface area contributed by atoms with Crippen molar-refractivity contribution in [2.24, 2.45) is 0 Å². The van der Waals surface area contributed by atoms with Crippen LogP contribution in [0.4, 0.5) is 0 Å². The summed E-state index contributed by atoms with van der Waals surface area (Å²) in [4.78, 5) is 11.0. The Kier molecular flexibility index (Phi) is 3.98. The SMILES string of the molecule is C#C/C(C)=C/C(=O)C=C(C)C. The van der Waals surface area contributed by atoms with Crippen molar-refractivity contribution in [3.05, 3.63) is 23.3 Å². The minimum absolute atomic E-state index is 0.0412. The monoisotopic (exact) mass is 148 g/mol. The fraction of sp³-hybridized carbons (Fsp3) is 0.300. The maximum atomic E-state index is 11.0. The van der Waals surface area contributed by atoms with Crippen molar-refractivity contribution < 1.29 is 4.79 Å². The van der Waals surface area contributed by atoms with Gasteiger partial charge >= 0.3 is 0 Å². The quantitative estimate of drug-likeness (QED) is 0.433. The Labute approximate surface area is 67.8 Å². The van der Waals surface area contributed by atoms with Crippen molar-refractivity contribution in [1.29, 1.82) is 0 Å². The molecule has 0 fully saturated rings. The van der Waals surface area contributed by atoms with Crippen molar-refractivity contribution in [3.8, 4) is 12.3 Å². The average molecular weight is 148 g/mol. The second kappa shape index (κ2) is 4.51. The van der Waals surface area contributed by atoms with E-state index in [1.54, 1.807) is 13.0 Å². The van der Waals surface area contributed by atoms with Crippen molar-refractivity contribution in [3.63, 3.8) is 0 Å². The van der Waals surface area contributed by atoms with E-state index in [0.29, 0.717) is 5.57 Å². The van der Waals surface area contributed by atoms with Crippen LogP contribution >= 0.6 is 0 Å². The third-order valence-corrected chi connectivity index (χ3v) is 1.02. The number of rotatable bonds is 2. The largest absolute Gasteiger partial charge is 0.290 e. The molecule has 0 rings (SSSR count). The second-order valence-electron chi connectivity index (χ2n) is 2.60. The van der Waals surface area contributed by atoms with Gasteiger partial charge in [-0.2, -0.15) is 0 Å². The number of carbonyl (C=O) groups excluding carboxylic acids is 1. The highest BCUT2D eigenvalue weighted by atomic mass is 16.1. The number of carbonyl (C=O) groups is 1. The lowest BCUT2D eigenvalue weighted by molar-refractivity contribution is -0.110. The van der Waals surface area contributed by atoms with Gasteiger partial charge in [-0.3, -0.25) is 4.79 Å². The zero-order valence-electron chi connectivity index (χ0n) is 7.14. The first kappa shape index (κ1) is 9.71. The Bertz CT molecular complexity index is 245. The predicted octanol–water partition coefficient (Wildman–Crippen LogP) is 2.10. The van der Waals surface area contributed by atoms with Crippen molar-refractivity contribution in [2.75, 3.05) is 0 Å². The summed E-state index contributed by atoms with van der Waals surface area (Å²) in [5.41, 5.74) is 1.64. The molecule has 1 nitrogen and oxygen atoms in total. The minimum atomic E-state index is -0.0412. The lowest BCUT2D eigenvalue weighted by atomic mass is 10.2. The zero-order chi connectivity index (χ0) is 8.85. The van der Waals surface area contributed by atoms with Crippen molar-refractivity contribution >= 4 is 5.78 Å². The van der Waals surface area contributed by atoms with Crippen LogP contribution in [0.15, 0.2) is 23.3 Å². The Morgan fingerprint density at radius 1 is 1.27 bits per heavy atom. The molecule has 0 amide bonds. The molecule has 58 valence electrons. The summed E-state index contributed by atoms with van der Waals surface area (Å²) in [5.74, 6) is 2.34. The topological polar surface area (TPSA) is 17.1 Å². The molecule has 0 unspecified atom stereocenters. The lowest BCUT2D eigenvalue weighted by Gasteiger charge is -1.87. The zero-order valence-corrected chi connectivity index (χ0v) is 7.14. The fourth-order valence-electron chi connectivity index (χ4n) is 0.581. The van der Waals surface area contributed by atoms with Gasteiger partial charge in [0, 0.05) is 5.57 Å². The summed E-state index contributed by atoms with van der Waals surface area (Å²) in [6.45, 7) is 5.48. The van der Waals surface area contributed by atoms with E-state index in [1.165, 1.54) is 6.08 Å². The molecular weight excluding hydrogens is 136 g/mol. The van der Waals surface area contributed by atoms with Gasteiger partial charge in [0.1, 0.15) is 0 Å². The van der Waals surface area contributed by atoms with Crippen molar-refractivity contribution in [1.82, 2.24) is 0 Å². The summed E-state index contributed by atoms with van der Waals surface area (Å²) >= 11 is 0. The molecular formula is C10H12O. The predicted molar refractivity (Wildman–Crippen MR) is 47.0 cm³/mol. The molecule has 0 atom stereocenters. The van der Waals surface area contributed by atoms with Gasteiger partial charge in [-0.25, -0.2) is 0 Å². The molecule has 0 heterocycles. The highest BCUT2D eigenvalue weighted by Crippen LogP contribution is 1.94. The van der Waals surface area contributed by atoms with Gasteiger partial charge < -0.3 is 0 Å². The summed E-state index contributed by atoms with van der Waals surface area (Å²) < 4.78 is 0. The normalized spacial score (nSPS) is 10.2. The lowest BCUT2D eigenvalue weighted by Crippen LogP contribution is -1.88. The molecule has 0 aliphatic heterocycles. The highest BCUT2D eigenvalue weighted by molar-refractivity contribution is 6.00.